The molecule has 1 N–H and O–H groups in total. The Morgan fingerprint density at radius 1 is 1.38 bits per heavy atom. The van der Waals surface area contributed by atoms with Gasteiger partial charge in [-0.05, 0) is 18.3 Å². The Balaban J connectivity index is 1.80. The first-order chi connectivity index (χ1) is 6.16. The molecule has 0 spiro atoms. The molecule has 3 heteroatoms. The van der Waals surface area contributed by atoms with E-state index in [9.17, 15) is 0 Å². The second-order valence-electron chi connectivity index (χ2n) is 4.40. The molecular weight excluding hydrogens is 180 g/mol. The van der Waals surface area contributed by atoms with Gasteiger partial charge >= 0.3 is 0 Å². The summed E-state index contributed by atoms with van der Waals surface area (Å²) in [6.07, 6.45) is 1.31. The topological polar surface area (TPSA) is 24.4 Å². The van der Waals surface area contributed by atoms with Gasteiger partial charge in [-0.3, -0.25) is 4.99 Å². The Morgan fingerprint density at radius 3 is 2.62 bits per heavy atom. The summed E-state index contributed by atoms with van der Waals surface area (Å²) < 4.78 is 0. The molecule has 0 radical (unpaired) electrons. The third-order valence-electron chi connectivity index (χ3n) is 3.27. The van der Waals surface area contributed by atoms with Gasteiger partial charge in [-0.15, -0.1) is 0 Å². The molecule has 4 unspecified atom stereocenters. The van der Waals surface area contributed by atoms with Crippen molar-refractivity contribution in [1.82, 2.24) is 5.32 Å². The Hall–Kier alpha value is -0.180. The molecule has 2 nitrogen and oxygen atoms in total. The van der Waals surface area contributed by atoms with Gasteiger partial charge in [0, 0.05) is 11.3 Å². The number of hydrogen-bond donors (Lipinski definition) is 1. The van der Waals surface area contributed by atoms with E-state index in [1.807, 2.05) is 11.8 Å². The minimum atomic E-state index is 0.676. The highest BCUT2D eigenvalue weighted by Crippen LogP contribution is 2.34. The fourth-order valence-corrected chi connectivity index (χ4v) is 2.83. The molecule has 2 aliphatic rings. The maximum atomic E-state index is 4.47. The van der Waals surface area contributed by atoms with Crippen molar-refractivity contribution in [3.05, 3.63) is 0 Å². The van der Waals surface area contributed by atoms with E-state index in [4.69, 9.17) is 0 Å². The zero-order valence-corrected chi connectivity index (χ0v) is 9.40. The standard InChI is InChI=1S/C10H18N2S/c1-6-4-9(8(6)3)12-10-11-5-7(2)13-10/h6-9H,4-5H2,1-3H3,(H,11,12). The van der Waals surface area contributed by atoms with Crippen molar-refractivity contribution in [3.63, 3.8) is 0 Å². The van der Waals surface area contributed by atoms with Gasteiger partial charge in [0.15, 0.2) is 5.17 Å². The summed E-state index contributed by atoms with van der Waals surface area (Å²) in [7, 11) is 0. The molecule has 0 bridgehead atoms. The Morgan fingerprint density at radius 2 is 2.15 bits per heavy atom. The summed E-state index contributed by atoms with van der Waals surface area (Å²) in [5.41, 5.74) is 0. The van der Waals surface area contributed by atoms with Crippen molar-refractivity contribution in [2.24, 2.45) is 16.8 Å². The lowest BCUT2D eigenvalue weighted by Crippen LogP contribution is -2.49. The molecule has 1 aliphatic carbocycles. The van der Waals surface area contributed by atoms with E-state index < -0.39 is 0 Å². The largest absolute Gasteiger partial charge is 0.362 e. The van der Waals surface area contributed by atoms with Crippen molar-refractivity contribution in [2.75, 3.05) is 6.54 Å². The maximum absolute atomic E-state index is 4.47. The van der Waals surface area contributed by atoms with E-state index in [2.05, 4.69) is 31.1 Å². The van der Waals surface area contributed by atoms with Gasteiger partial charge in [0.2, 0.25) is 0 Å². The Labute approximate surface area is 84.6 Å². The van der Waals surface area contributed by atoms with Gasteiger partial charge in [-0.25, -0.2) is 0 Å². The number of nitrogens with one attached hydrogen (secondary N) is 1. The number of hydrogen-bond acceptors (Lipinski definition) is 3. The predicted octanol–water partition coefficient (Wildman–Crippen LogP) is 2.11. The zero-order chi connectivity index (χ0) is 9.42. The number of rotatable bonds is 1. The van der Waals surface area contributed by atoms with E-state index in [0.29, 0.717) is 11.3 Å². The molecule has 1 aliphatic heterocycles. The quantitative estimate of drug-likeness (QED) is 0.698. The monoisotopic (exact) mass is 198 g/mol. The van der Waals surface area contributed by atoms with Crippen molar-refractivity contribution >= 4 is 16.9 Å². The van der Waals surface area contributed by atoms with Gasteiger partial charge in [0.1, 0.15) is 0 Å². The van der Waals surface area contributed by atoms with E-state index in [1.54, 1.807) is 0 Å². The lowest BCUT2D eigenvalue weighted by atomic mass is 9.72. The molecule has 2 rings (SSSR count). The summed E-state index contributed by atoms with van der Waals surface area (Å²) in [6, 6.07) is 0.687. The fraction of sp³-hybridized carbons (Fsp3) is 0.900. The molecule has 0 aromatic heterocycles. The minimum Gasteiger partial charge on any atom is -0.362 e. The molecular formula is C10H18N2S. The lowest BCUT2D eigenvalue weighted by molar-refractivity contribution is 0.156. The Kier molecular flexibility index (Phi) is 2.54. The molecule has 4 atom stereocenters. The van der Waals surface area contributed by atoms with E-state index >= 15 is 0 Å². The number of nitrogens with zero attached hydrogens (tertiary/aromatic N) is 1. The van der Waals surface area contributed by atoms with Crippen molar-refractivity contribution in [1.29, 1.82) is 0 Å². The number of amidine groups is 1. The molecule has 74 valence electrons. The highest BCUT2D eigenvalue weighted by atomic mass is 32.2. The first-order valence-electron chi connectivity index (χ1n) is 5.14. The van der Waals surface area contributed by atoms with Crippen molar-refractivity contribution in [2.45, 2.75) is 38.5 Å². The molecule has 1 fully saturated rings. The van der Waals surface area contributed by atoms with Crippen LogP contribution in [0.2, 0.25) is 0 Å². The molecule has 0 aromatic rings. The van der Waals surface area contributed by atoms with Crippen LogP contribution in [0, 0.1) is 11.8 Å². The van der Waals surface area contributed by atoms with Gasteiger partial charge < -0.3 is 5.32 Å². The van der Waals surface area contributed by atoms with Crippen LogP contribution in [-0.4, -0.2) is 23.0 Å². The van der Waals surface area contributed by atoms with Crippen molar-refractivity contribution < 1.29 is 0 Å². The molecule has 1 heterocycles. The predicted molar refractivity (Wildman–Crippen MR) is 59.2 cm³/mol. The lowest BCUT2D eigenvalue weighted by Gasteiger charge is -2.41. The second kappa shape index (κ2) is 3.52. The first kappa shape index (κ1) is 9.38. The zero-order valence-electron chi connectivity index (χ0n) is 8.58. The van der Waals surface area contributed by atoms with Gasteiger partial charge in [0.25, 0.3) is 0 Å². The summed E-state index contributed by atoms with van der Waals surface area (Å²) >= 11 is 1.89. The van der Waals surface area contributed by atoms with Gasteiger partial charge in [-0.2, -0.15) is 0 Å². The van der Waals surface area contributed by atoms with Crippen LogP contribution in [0.1, 0.15) is 27.2 Å². The van der Waals surface area contributed by atoms with Gasteiger partial charge in [0.05, 0.1) is 6.54 Å². The fourth-order valence-electron chi connectivity index (χ4n) is 1.94. The van der Waals surface area contributed by atoms with E-state index in [1.165, 1.54) is 11.6 Å². The number of aliphatic imine (C=N–C) groups is 1. The normalized spacial score (nSPS) is 44.1. The van der Waals surface area contributed by atoms with Crippen LogP contribution in [0.15, 0.2) is 4.99 Å². The molecule has 0 aromatic carbocycles. The SMILES string of the molecule is CC1CN=C(NC2CC(C)C2C)S1. The average molecular weight is 198 g/mol. The average Bonchev–Trinajstić information content (AvgIpc) is 2.50. The van der Waals surface area contributed by atoms with E-state index in [0.717, 1.165) is 18.4 Å². The Bertz CT molecular complexity index is 227. The maximum Gasteiger partial charge on any atom is 0.157 e. The molecule has 1 saturated carbocycles. The van der Waals surface area contributed by atoms with Crippen molar-refractivity contribution in [3.8, 4) is 0 Å². The highest BCUT2D eigenvalue weighted by Gasteiger charge is 2.35. The number of thioether (sulfide) groups is 1. The van der Waals surface area contributed by atoms with Crippen LogP contribution >= 0.6 is 11.8 Å². The summed E-state index contributed by atoms with van der Waals surface area (Å²) in [4.78, 5) is 4.47. The first-order valence-corrected chi connectivity index (χ1v) is 6.02. The smallest absolute Gasteiger partial charge is 0.157 e. The minimum absolute atomic E-state index is 0.676. The highest BCUT2D eigenvalue weighted by molar-refractivity contribution is 8.14. The molecule has 0 saturated heterocycles. The summed E-state index contributed by atoms with van der Waals surface area (Å²) in [5.74, 6) is 1.71. The molecule has 0 amide bonds. The van der Waals surface area contributed by atoms with E-state index in [-0.39, 0.29) is 0 Å². The summed E-state index contributed by atoms with van der Waals surface area (Å²) in [6.45, 7) is 7.88. The van der Waals surface area contributed by atoms with Crippen LogP contribution in [0.5, 0.6) is 0 Å². The van der Waals surface area contributed by atoms with Crippen LogP contribution in [0.25, 0.3) is 0 Å². The van der Waals surface area contributed by atoms with Crippen LogP contribution in [0.4, 0.5) is 0 Å². The second-order valence-corrected chi connectivity index (χ2v) is 5.82. The third kappa shape index (κ3) is 1.85. The third-order valence-corrected chi connectivity index (χ3v) is 4.29. The van der Waals surface area contributed by atoms with Crippen LogP contribution < -0.4 is 5.32 Å². The van der Waals surface area contributed by atoms with Crippen LogP contribution in [0.3, 0.4) is 0 Å². The van der Waals surface area contributed by atoms with Gasteiger partial charge in [-0.1, -0.05) is 32.5 Å². The molecule has 13 heavy (non-hydrogen) atoms. The summed E-state index contributed by atoms with van der Waals surface area (Å²) in [5, 5.41) is 5.39. The van der Waals surface area contributed by atoms with Crippen LogP contribution in [-0.2, 0) is 0 Å².